The molecule has 3 nitrogen and oxygen atoms in total. The van der Waals surface area contributed by atoms with Crippen molar-refractivity contribution in [3.8, 4) is 0 Å². The second-order valence-electron chi connectivity index (χ2n) is 8.23. The van der Waals surface area contributed by atoms with Gasteiger partial charge in [-0.25, -0.2) is 0 Å². The van der Waals surface area contributed by atoms with Crippen LogP contribution in [0.2, 0.25) is 18.1 Å². The number of rotatable bonds is 4. The zero-order valence-electron chi connectivity index (χ0n) is 16.0. The maximum atomic E-state index is 13.4. The first-order valence-corrected chi connectivity index (χ1v) is 12.3. The Morgan fingerprint density at radius 1 is 1.15 bits per heavy atom. The largest absolute Gasteiger partial charge is 0.431 e. The Bertz CT molecular complexity index is 668. The molecule has 0 spiro atoms. The standard InChI is InChI=1S/C18H26BrF3N2OSi/c1-12-15(11-25-26(5,6)17(2,3)4)24(23-16(12)18(20,21)22)14-9-7-13(19)8-10-14/h7-10,12,15H,11H2,1-6H3/t12-,15-/m0/s1. The molecule has 1 aliphatic rings. The van der Waals surface area contributed by atoms with Crippen molar-refractivity contribution in [3.63, 3.8) is 0 Å². The van der Waals surface area contributed by atoms with Crippen LogP contribution in [0.15, 0.2) is 33.8 Å². The van der Waals surface area contributed by atoms with Gasteiger partial charge in [-0.3, -0.25) is 5.01 Å². The summed E-state index contributed by atoms with van der Waals surface area (Å²) in [5, 5.41) is 5.39. The summed E-state index contributed by atoms with van der Waals surface area (Å²) < 4.78 is 47.3. The van der Waals surface area contributed by atoms with Gasteiger partial charge in [0.1, 0.15) is 5.71 Å². The highest BCUT2D eigenvalue weighted by Crippen LogP contribution is 2.39. The van der Waals surface area contributed by atoms with Gasteiger partial charge in [0, 0.05) is 10.4 Å². The molecule has 2 rings (SSSR count). The van der Waals surface area contributed by atoms with Crippen molar-refractivity contribution in [3.05, 3.63) is 28.7 Å². The molecular weight excluding hydrogens is 425 g/mol. The van der Waals surface area contributed by atoms with Crippen molar-refractivity contribution < 1.29 is 17.6 Å². The Labute approximate surface area is 162 Å². The van der Waals surface area contributed by atoms with Gasteiger partial charge in [0.2, 0.25) is 0 Å². The van der Waals surface area contributed by atoms with Crippen molar-refractivity contribution in [1.82, 2.24) is 0 Å². The number of hydrogen-bond donors (Lipinski definition) is 0. The first-order valence-electron chi connectivity index (χ1n) is 8.58. The lowest BCUT2D eigenvalue weighted by molar-refractivity contribution is -0.0621. The Morgan fingerprint density at radius 3 is 2.15 bits per heavy atom. The van der Waals surface area contributed by atoms with Crippen LogP contribution in [0.1, 0.15) is 27.7 Å². The molecule has 1 heterocycles. The molecule has 2 atom stereocenters. The SMILES string of the molecule is C[C@@H]1C(C(F)(F)F)=NN(c2ccc(Br)cc2)[C@H]1CO[Si](C)(C)C(C)(C)C. The van der Waals surface area contributed by atoms with Crippen molar-refractivity contribution in [2.75, 3.05) is 11.6 Å². The van der Waals surface area contributed by atoms with Gasteiger partial charge in [-0.2, -0.15) is 18.3 Å². The summed E-state index contributed by atoms with van der Waals surface area (Å²) in [5.74, 6) is -0.761. The quantitative estimate of drug-likeness (QED) is 0.508. The third-order valence-corrected chi connectivity index (χ3v) is 10.4. The summed E-state index contributed by atoms with van der Waals surface area (Å²) in [7, 11) is -2.08. The Balaban J connectivity index is 2.31. The van der Waals surface area contributed by atoms with Gasteiger partial charge in [0.25, 0.3) is 0 Å². The number of halogens is 4. The first kappa shape index (κ1) is 21.4. The fourth-order valence-electron chi connectivity index (χ4n) is 2.56. The lowest BCUT2D eigenvalue weighted by Crippen LogP contribution is -2.46. The first-order chi connectivity index (χ1) is 11.7. The van der Waals surface area contributed by atoms with Crippen molar-refractivity contribution in [2.24, 2.45) is 11.0 Å². The predicted molar refractivity (Wildman–Crippen MR) is 106 cm³/mol. The number of anilines is 1. The molecule has 0 saturated carbocycles. The van der Waals surface area contributed by atoms with Gasteiger partial charge in [-0.05, 0) is 42.4 Å². The summed E-state index contributed by atoms with van der Waals surface area (Å²) in [4.78, 5) is 0. The number of hydrazone groups is 1. The van der Waals surface area contributed by atoms with Crippen LogP contribution in [0.5, 0.6) is 0 Å². The third kappa shape index (κ3) is 4.51. The van der Waals surface area contributed by atoms with Crippen LogP contribution in [0.4, 0.5) is 18.9 Å². The van der Waals surface area contributed by atoms with Crippen LogP contribution in [0.25, 0.3) is 0 Å². The molecule has 8 heteroatoms. The highest BCUT2D eigenvalue weighted by atomic mass is 79.9. The third-order valence-electron chi connectivity index (χ3n) is 5.34. The van der Waals surface area contributed by atoms with E-state index in [0.717, 1.165) is 4.47 Å². The Morgan fingerprint density at radius 2 is 1.69 bits per heavy atom. The molecule has 0 amide bonds. The van der Waals surface area contributed by atoms with Gasteiger partial charge >= 0.3 is 6.18 Å². The fourth-order valence-corrected chi connectivity index (χ4v) is 3.84. The minimum absolute atomic E-state index is 0.00893. The molecule has 0 saturated heterocycles. The highest BCUT2D eigenvalue weighted by molar-refractivity contribution is 9.10. The number of hydrogen-bond acceptors (Lipinski definition) is 3. The summed E-state index contributed by atoms with van der Waals surface area (Å²) in [6, 6.07) is 6.64. The van der Waals surface area contributed by atoms with E-state index in [2.05, 4.69) is 54.9 Å². The molecule has 0 aromatic heterocycles. The molecule has 26 heavy (non-hydrogen) atoms. The van der Waals surface area contributed by atoms with E-state index in [1.807, 2.05) is 0 Å². The smallest absolute Gasteiger partial charge is 0.415 e. The molecule has 0 N–H and O–H groups in total. The van der Waals surface area contributed by atoms with E-state index in [0.29, 0.717) is 5.69 Å². The molecule has 1 aromatic carbocycles. The monoisotopic (exact) mass is 450 g/mol. The van der Waals surface area contributed by atoms with E-state index < -0.39 is 32.2 Å². The van der Waals surface area contributed by atoms with E-state index in [4.69, 9.17) is 4.43 Å². The zero-order valence-corrected chi connectivity index (χ0v) is 18.6. The van der Waals surface area contributed by atoms with Crippen LogP contribution in [-0.4, -0.2) is 32.9 Å². The summed E-state index contributed by atoms with van der Waals surface area (Å²) in [5.41, 5.74) is -0.118. The second-order valence-corrected chi connectivity index (χ2v) is 14.0. The lowest BCUT2D eigenvalue weighted by atomic mass is 9.98. The van der Waals surface area contributed by atoms with Crippen LogP contribution < -0.4 is 5.01 Å². The van der Waals surface area contributed by atoms with E-state index in [9.17, 15) is 13.2 Å². The zero-order chi connectivity index (χ0) is 19.9. The molecule has 0 radical (unpaired) electrons. The van der Waals surface area contributed by atoms with E-state index >= 15 is 0 Å². The van der Waals surface area contributed by atoms with E-state index in [1.54, 1.807) is 31.2 Å². The predicted octanol–water partition coefficient (Wildman–Crippen LogP) is 6.21. The highest BCUT2D eigenvalue weighted by Gasteiger charge is 2.49. The average molecular weight is 451 g/mol. The molecule has 146 valence electrons. The van der Waals surface area contributed by atoms with Gasteiger partial charge in [-0.15, -0.1) is 0 Å². The van der Waals surface area contributed by atoms with Crippen molar-refractivity contribution >= 4 is 35.6 Å². The molecule has 0 aliphatic carbocycles. The van der Waals surface area contributed by atoms with Gasteiger partial charge in [0.05, 0.1) is 18.3 Å². The van der Waals surface area contributed by atoms with Crippen molar-refractivity contribution in [2.45, 2.75) is 58.0 Å². The van der Waals surface area contributed by atoms with Crippen LogP contribution in [0.3, 0.4) is 0 Å². The topological polar surface area (TPSA) is 24.8 Å². The van der Waals surface area contributed by atoms with Gasteiger partial charge < -0.3 is 4.43 Å². The van der Waals surface area contributed by atoms with Gasteiger partial charge in [0.15, 0.2) is 8.32 Å². The van der Waals surface area contributed by atoms with Crippen molar-refractivity contribution in [1.29, 1.82) is 0 Å². The second kappa shape index (κ2) is 7.28. The summed E-state index contributed by atoms with van der Waals surface area (Å²) in [6.07, 6.45) is -4.45. The lowest BCUT2D eigenvalue weighted by Gasteiger charge is -2.38. The summed E-state index contributed by atoms with van der Waals surface area (Å²) in [6.45, 7) is 12.3. The summed E-state index contributed by atoms with van der Waals surface area (Å²) >= 11 is 3.35. The normalized spacial score (nSPS) is 21.9. The number of alkyl halides is 3. The molecule has 0 fully saturated rings. The Hall–Kier alpha value is -0.863. The minimum Gasteiger partial charge on any atom is -0.415 e. The minimum atomic E-state index is -4.45. The fraction of sp³-hybridized carbons (Fsp3) is 0.611. The average Bonchev–Trinajstić information content (AvgIpc) is 2.82. The van der Waals surface area contributed by atoms with Crippen LogP contribution >= 0.6 is 15.9 Å². The Kier molecular flexibility index (Phi) is 6.00. The number of benzene rings is 1. The molecule has 0 bridgehead atoms. The molecule has 1 aliphatic heterocycles. The van der Waals surface area contributed by atoms with Gasteiger partial charge in [-0.1, -0.05) is 43.6 Å². The number of nitrogens with zero attached hydrogens (tertiary/aromatic N) is 2. The van der Waals surface area contributed by atoms with Crippen LogP contribution in [-0.2, 0) is 4.43 Å². The van der Waals surface area contributed by atoms with E-state index in [-0.39, 0.29) is 11.6 Å². The maximum Gasteiger partial charge on any atom is 0.431 e. The molecule has 0 unspecified atom stereocenters. The van der Waals surface area contributed by atoms with Crippen LogP contribution in [0, 0.1) is 5.92 Å². The maximum absolute atomic E-state index is 13.4. The molecular formula is C18H26BrF3N2OSi. The van der Waals surface area contributed by atoms with E-state index in [1.165, 1.54) is 5.01 Å². The molecule has 1 aromatic rings.